The van der Waals surface area contributed by atoms with Crippen LogP contribution in [0.25, 0.3) is 0 Å². The number of non-ortho nitro benzene ring substituents is 1. The lowest BCUT2D eigenvalue weighted by molar-refractivity contribution is -0.384. The van der Waals surface area contributed by atoms with E-state index < -0.39 is 4.92 Å². The van der Waals surface area contributed by atoms with Gasteiger partial charge in [-0.25, -0.2) is 0 Å². The molecule has 20 heavy (non-hydrogen) atoms. The minimum absolute atomic E-state index is 0.111. The van der Waals surface area contributed by atoms with Crippen molar-refractivity contribution in [2.24, 2.45) is 5.92 Å². The first-order valence-corrected chi connectivity index (χ1v) is 7.11. The molecule has 5 nitrogen and oxygen atoms in total. The summed E-state index contributed by atoms with van der Waals surface area (Å²) in [6.07, 6.45) is 4.39. The number of nitro groups is 1. The number of amides is 1. The van der Waals surface area contributed by atoms with Gasteiger partial charge in [-0.3, -0.25) is 14.9 Å². The van der Waals surface area contributed by atoms with Crippen LogP contribution in [0.1, 0.15) is 43.0 Å². The number of nitrogens with one attached hydrogen (secondary N) is 1. The molecule has 1 aliphatic rings. The first kappa shape index (κ1) is 14.8. The first-order chi connectivity index (χ1) is 9.49. The number of nitro benzene ring substituents is 1. The molecule has 6 heteroatoms. The molecule has 0 heterocycles. The molecule has 0 spiro atoms. The lowest BCUT2D eigenvalue weighted by Gasteiger charge is -2.29. The Bertz CT molecular complexity index is 533. The van der Waals surface area contributed by atoms with E-state index in [1.807, 2.05) is 0 Å². The Morgan fingerprint density at radius 1 is 1.40 bits per heavy atom. The third kappa shape index (κ3) is 3.28. The maximum atomic E-state index is 12.2. The summed E-state index contributed by atoms with van der Waals surface area (Å²) in [5.74, 6) is 0.188. The van der Waals surface area contributed by atoms with Crippen molar-refractivity contribution >= 4 is 23.2 Å². The molecule has 0 radical (unpaired) electrons. The average Bonchev–Trinajstić information content (AvgIpc) is 2.41. The Hall–Kier alpha value is -1.62. The quantitative estimate of drug-likeness (QED) is 0.684. The normalized spacial score (nSPS) is 22.3. The van der Waals surface area contributed by atoms with Crippen molar-refractivity contribution in [3.8, 4) is 0 Å². The number of halogens is 1. The van der Waals surface area contributed by atoms with E-state index in [1.54, 1.807) is 0 Å². The van der Waals surface area contributed by atoms with Gasteiger partial charge in [0.2, 0.25) is 0 Å². The van der Waals surface area contributed by atoms with Crippen LogP contribution in [0.3, 0.4) is 0 Å². The highest BCUT2D eigenvalue weighted by Gasteiger charge is 2.24. The summed E-state index contributed by atoms with van der Waals surface area (Å²) in [4.78, 5) is 22.3. The Kier molecular flexibility index (Phi) is 4.60. The SMILES string of the molecule is C[C@@H]1CCCC[C@@H]1NC(=O)c1ccc([N+](=O)[O-])cc1Cl. The van der Waals surface area contributed by atoms with E-state index in [0.29, 0.717) is 5.92 Å². The molecule has 0 saturated heterocycles. The molecular formula is C14H17ClN2O3. The van der Waals surface area contributed by atoms with Crippen molar-refractivity contribution in [3.05, 3.63) is 38.9 Å². The molecule has 108 valence electrons. The molecule has 1 aromatic rings. The summed E-state index contributed by atoms with van der Waals surface area (Å²) < 4.78 is 0. The summed E-state index contributed by atoms with van der Waals surface area (Å²) in [5.41, 5.74) is 0.174. The van der Waals surface area contributed by atoms with Gasteiger partial charge in [0.15, 0.2) is 0 Å². The van der Waals surface area contributed by atoms with Gasteiger partial charge in [0, 0.05) is 18.2 Å². The number of carbonyl (C=O) groups excluding carboxylic acids is 1. The minimum Gasteiger partial charge on any atom is -0.349 e. The number of benzene rings is 1. The largest absolute Gasteiger partial charge is 0.349 e. The van der Waals surface area contributed by atoms with Crippen LogP contribution in [-0.2, 0) is 0 Å². The molecule has 0 unspecified atom stereocenters. The third-order valence-corrected chi connectivity index (χ3v) is 4.15. The van der Waals surface area contributed by atoms with E-state index in [2.05, 4.69) is 12.2 Å². The fourth-order valence-corrected chi connectivity index (χ4v) is 2.84. The van der Waals surface area contributed by atoms with Crippen LogP contribution in [0.4, 0.5) is 5.69 Å². The van der Waals surface area contributed by atoms with Crippen molar-refractivity contribution < 1.29 is 9.72 Å². The van der Waals surface area contributed by atoms with Crippen LogP contribution in [0.5, 0.6) is 0 Å². The van der Waals surface area contributed by atoms with Crippen LogP contribution in [-0.4, -0.2) is 16.9 Å². The van der Waals surface area contributed by atoms with Gasteiger partial charge in [-0.2, -0.15) is 0 Å². The van der Waals surface area contributed by atoms with Crippen LogP contribution in [0.2, 0.25) is 5.02 Å². The van der Waals surface area contributed by atoms with Crippen molar-refractivity contribution in [1.29, 1.82) is 0 Å². The van der Waals surface area contributed by atoms with Gasteiger partial charge in [-0.05, 0) is 24.8 Å². The smallest absolute Gasteiger partial charge is 0.270 e. The predicted molar refractivity (Wildman–Crippen MR) is 77.0 cm³/mol. The van der Waals surface area contributed by atoms with Gasteiger partial charge in [0.05, 0.1) is 15.5 Å². The predicted octanol–water partition coefficient (Wildman–Crippen LogP) is 3.56. The molecule has 1 amide bonds. The van der Waals surface area contributed by atoms with Gasteiger partial charge in [0.25, 0.3) is 11.6 Å². The fraction of sp³-hybridized carbons (Fsp3) is 0.500. The maximum absolute atomic E-state index is 12.2. The Morgan fingerprint density at radius 3 is 2.70 bits per heavy atom. The molecule has 2 rings (SSSR count). The number of hydrogen-bond donors (Lipinski definition) is 1. The lowest BCUT2D eigenvalue weighted by atomic mass is 9.86. The molecule has 0 aromatic heterocycles. The molecule has 1 aromatic carbocycles. The van der Waals surface area contributed by atoms with Gasteiger partial charge in [-0.15, -0.1) is 0 Å². The average molecular weight is 297 g/mol. The van der Waals surface area contributed by atoms with Crippen molar-refractivity contribution in [3.63, 3.8) is 0 Å². The number of carbonyl (C=O) groups is 1. The zero-order valence-electron chi connectivity index (χ0n) is 11.3. The van der Waals surface area contributed by atoms with Crippen molar-refractivity contribution in [2.75, 3.05) is 0 Å². The van der Waals surface area contributed by atoms with E-state index in [9.17, 15) is 14.9 Å². The standard InChI is InChI=1S/C14H17ClN2O3/c1-9-4-2-3-5-13(9)16-14(18)11-7-6-10(17(19)20)8-12(11)15/h6-9,13H,2-5H2,1H3,(H,16,18)/t9-,13+/m1/s1. The monoisotopic (exact) mass is 296 g/mol. The summed E-state index contributed by atoms with van der Waals surface area (Å²) >= 11 is 5.96. The second-order valence-corrected chi connectivity index (χ2v) is 5.67. The van der Waals surface area contributed by atoms with E-state index in [-0.39, 0.29) is 28.2 Å². The molecule has 1 fully saturated rings. The van der Waals surface area contributed by atoms with Gasteiger partial charge >= 0.3 is 0 Å². The molecule has 0 bridgehead atoms. The number of hydrogen-bond acceptors (Lipinski definition) is 3. The zero-order chi connectivity index (χ0) is 14.7. The Morgan fingerprint density at radius 2 is 2.10 bits per heavy atom. The lowest BCUT2D eigenvalue weighted by Crippen LogP contribution is -2.41. The fourth-order valence-electron chi connectivity index (χ4n) is 2.58. The van der Waals surface area contributed by atoms with Gasteiger partial charge < -0.3 is 5.32 Å². The van der Waals surface area contributed by atoms with E-state index in [1.165, 1.54) is 24.6 Å². The van der Waals surface area contributed by atoms with Gasteiger partial charge in [-0.1, -0.05) is 31.4 Å². The Labute approximate surface area is 122 Å². The zero-order valence-corrected chi connectivity index (χ0v) is 12.0. The number of rotatable bonds is 3. The third-order valence-electron chi connectivity index (χ3n) is 3.84. The first-order valence-electron chi connectivity index (χ1n) is 6.74. The van der Waals surface area contributed by atoms with Crippen molar-refractivity contribution in [2.45, 2.75) is 38.6 Å². The highest BCUT2D eigenvalue weighted by molar-refractivity contribution is 6.34. The highest BCUT2D eigenvalue weighted by atomic mass is 35.5. The van der Waals surface area contributed by atoms with Gasteiger partial charge in [0.1, 0.15) is 0 Å². The molecule has 1 N–H and O–H groups in total. The van der Waals surface area contributed by atoms with Crippen LogP contribution >= 0.6 is 11.6 Å². The van der Waals surface area contributed by atoms with Crippen LogP contribution < -0.4 is 5.32 Å². The molecular weight excluding hydrogens is 280 g/mol. The van der Waals surface area contributed by atoms with Crippen LogP contribution in [0, 0.1) is 16.0 Å². The second-order valence-electron chi connectivity index (χ2n) is 5.26. The van der Waals surface area contributed by atoms with E-state index >= 15 is 0 Å². The van der Waals surface area contributed by atoms with Crippen molar-refractivity contribution in [1.82, 2.24) is 5.32 Å². The summed E-state index contributed by atoms with van der Waals surface area (Å²) in [7, 11) is 0. The molecule has 2 atom stereocenters. The number of nitrogens with zero attached hydrogens (tertiary/aromatic N) is 1. The maximum Gasteiger partial charge on any atom is 0.270 e. The van der Waals surface area contributed by atoms with E-state index in [0.717, 1.165) is 19.3 Å². The topological polar surface area (TPSA) is 72.2 Å². The summed E-state index contributed by atoms with van der Waals surface area (Å²) in [6, 6.07) is 4.07. The molecule has 1 saturated carbocycles. The highest BCUT2D eigenvalue weighted by Crippen LogP contribution is 2.26. The molecule has 1 aliphatic carbocycles. The van der Waals surface area contributed by atoms with Crippen LogP contribution in [0.15, 0.2) is 18.2 Å². The second kappa shape index (κ2) is 6.22. The summed E-state index contributed by atoms with van der Waals surface area (Å²) in [6.45, 7) is 2.13. The van der Waals surface area contributed by atoms with E-state index in [4.69, 9.17) is 11.6 Å². The minimum atomic E-state index is -0.531. The Balaban J connectivity index is 2.11. The molecule has 0 aliphatic heterocycles. The summed E-state index contributed by atoms with van der Waals surface area (Å²) in [5, 5.41) is 13.7.